The van der Waals surface area contributed by atoms with Crippen molar-refractivity contribution < 1.29 is 13.5 Å². The Morgan fingerprint density at radius 2 is 2.05 bits per heavy atom. The second kappa shape index (κ2) is 4.96. The Morgan fingerprint density at radius 3 is 2.76 bits per heavy atom. The van der Waals surface area contributed by atoms with Gasteiger partial charge in [-0.3, -0.25) is 4.57 Å². The van der Waals surface area contributed by atoms with Crippen LogP contribution in [0.4, 0.5) is 8.78 Å². The summed E-state index contributed by atoms with van der Waals surface area (Å²) in [6, 6.07) is 6.51. The number of aromatic amines is 1. The average molecular weight is 310 g/mol. The molecule has 0 saturated carbocycles. The van der Waals surface area contributed by atoms with Crippen molar-refractivity contribution in [3.8, 4) is 11.4 Å². The summed E-state index contributed by atoms with van der Waals surface area (Å²) < 4.78 is 33.4. The number of aromatic nitrogens is 4. The van der Waals surface area contributed by atoms with Gasteiger partial charge in [-0.1, -0.05) is 12.1 Å². The van der Waals surface area contributed by atoms with Gasteiger partial charge in [-0.25, -0.2) is 4.68 Å². The smallest absolute Gasteiger partial charge is 0.387 e. The number of aryl methyl sites for hydroxylation is 2. The maximum absolute atomic E-state index is 12.6. The molecule has 5 nitrogen and oxygen atoms in total. The minimum absolute atomic E-state index is 0.0587. The molecule has 110 valence electrons. The third kappa shape index (κ3) is 2.21. The second-order valence-electron chi connectivity index (χ2n) is 4.52. The number of para-hydroxylation sites is 2. The first-order chi connectivity index (χ1) is 9.99. The van der Waals surface area contributed by atoms with Crippen LogP contribution in [0.2, 0.25) is 0 Å². The van der Waals surface area contributed by atoms with Crippen LogP contribution in [0.3, 0.4) is 0 Å². The minimum atomic E-state index is -2.90. The van der Waals surface area contributed by atoms with Crippen LogP contribution in [0, 0.1) is 11.7 Å². The molecule has 21 heavy (non-hydrogen) atoms. The molecule has 1 aromatic carbocycles. The third-order valence-corrected chi connectivity index (χ3v) is 3.45. The van der Waals surface area contributed by atoms with Gasteiger partial charge in [-0.2, -0.15) is 13.9 Å². The molecule has 0 aliphatic heterocycles. The molecule has 0 unspecified atom stereocenters. The Morgan fingerprint density at radius 1 is 1.33 bits per heavy atom. The third-order valence-electron chi connectivity index (χ3n) is 3.16. The SMILES string of the molecule is Cc1nn(C)c2c1[nH]c(=S)n2-c1ccccc1OC(F)F. The molecular formula is C13H12F2N4OS. The van der Waals surface area contributed by atoms with Crippen molar-refractivity contribution >= 4 is 23.4 Å². The van der Waals surface area contributed by atoms with Crippen LogP contribution in [0.5, 0.6) is 5.75 Å². The Kier molecular flexibility index (Phi) is 3.25. The monoisotopic (exact) mass is 310 g/mol. The zero-order chi connectivity index (χ0) is 15.1. The molecule has 0 radical (unpaired) electrons. The number of rotatable bonds is 3. The fourth-order valence-corrected chi connectivity index (χ4v) is 2.66. The number of hydrogen-bond donors (Lipinski definition) is 1. The van der Waals surface area contributed by atoms with Gasteiger partial charge in [0.1, 0.15) is 11.3 Å². The van der Waals surface area contributed by atoms with E-state index in [9.17, 15) is 8.78 Å². The lowest BCUT2D eigenvalue weighted by molar-refractivity contribution is -0.0498. The summed E-state index contributed by atoms with van der Waals surface area (Å²) >= 11 is 5.30. The minimum Gasteiger partial charge on any atom is -0.433 e. The van der Waals surface area contributed by atoms with Crippen molar-refractivity contribution in [1.82, 2.24) is 19.3 Å². The van der Waals surface area contributed by atoms with Gasteiger partial charge in [0.15, 0.2) is 10.4 Å². The molecule has 0 spiro atoms. The Bertz CT molecular complexity index is 865. The van der Waals surface area contributed by atoms with E-state index in [0.717, 1.165) is 11.2 Å². The first-order valence-corrected chi connectivity index (χ1v) is 6.58. The largest absolute Gasteiger partial charge is 0.433 e. The normalized spacial score (nSPS) is 11.5. The van der Waals surface area contributed by atoms with Gasteiger partial charge in [0.2, 0.25) is 0 Å². The Labute approximate surface area is 123 Å². The molecule has 0 amide bonds. The Balaban J connectivity index is 2.31. The molecule has 0 bridgehead atoms. The maximum Gasteiger partial charge on any atom is 0.387 e. The van der Waals surface area contributed by atoms with Gasteiger partial charge in [-0.15, -0.1) is 0 Å². The molecule has 0 aliphatic rings. The molecule has 8 heteroatoms. The van der Waals surface area contributed by atoms with Crippen molar-refractivity contribution in [3.63, 3.8) is 0 Å². The fraction of sp³-hybridized carbons (Fsp3) is 0.231. The van der Waals surface area contributed by atoms with Gasteiger partial charge in [-0.05, 0) is 31.3 Å². The van der Waals surface area contributed by atoms with Crippen molar-refractivity contribution in [2.45, 2.75) is 13.5 Å². The van der Waals surface area contributed by atoms with Gasteiger partial charge >= 0.3 is 6.61 Å². The van der Waals surface area contributed by atoms with Crippen LogP contribution in [0.25, 0.3) is 16.9 Å². The predicted molar refractivity (Wildman–Crippen MR) is 76.6 cm³/mol. The number of halogens is 2. The first kappa shape index (κ1) is 13.7. The highest BCUT2D eigenvalue weighted by molar-refractivity contribution is 7.71. The first-order valence-electron chi connectivity index (χ1n) is 6.17. The summed E-state index contributed by atoms with van der Waals surface area (Å²) in [6.07, 6.45) is 0. The average Bonchev–Trinajstić information content (AvgIpc) is 2.88. The number of nitrogens with zero attached hydrogens (tertiary/aromatic N) is 3. The molecule has 0 aliphatic carbocycles. The van der Waals surface area contributed by atoms with Crippen LogP contribution in [0.1, 0.15) is 5.69 Å². The van der Waals surface area contributed by atoms with Crippen LogP contribution < -0.4 is 4.74 Å². The molecule has 0 atom stereocenters. The van der Waals surface area contributed by atoms with Crippen LogP contribution in [-0.2, 0) is 7.05 Å². The molecule has 1 N–H and O–H groups in total. The number of nitrogens with one attached hydrogen (secondary N) is 1. The zero-order valence-corrected chi connectivity index (χ0v) is 12.1. The van der Waals surface area contributed by atoms with E-state index in [1.807, 2.05) is 6.92 Å². The number of alkyl halides is 2. The van der Waals surface area contributed by atoms with Crippen molar-refractivity contribution in [2.75, 3.05) is 0 Å². The van der Waals surface area contributed by atoms with E-state index < -0.39 is 6.61 Å². The van der Waals surface area contributed by atoms with Crippen LogP contribution in [-0.4, -0.2) is 25.9 Å². The lowest BCUT2D eigenvalue weighted by Crippen LogP contribution is -2.07. The fourth-order valence-electron chi connectivity index (χ4n) is 2.37. The predicted octanol–water partition coefficient (Wildman–Crippen LogP) is 3.33. The number of ether oxygens (including phenoxy) is 1. The Hall–Kier alpha value is -2.22. The summed E-state index contributed by atoms with van der Waals surface area (Å²) in [7, 11) is 1.77. The molecule has 3 aromatic rings. The highest BCUT2D eigenvalue weighted by atomic mass is 32.1. The van der Waals surface area contributed by atoms with Gasteiger partial charge in [0, 0.05) is 7.05 Å². The van der Waals surface area contributed by atoms with E-state index in [4.69, 9.17) is 12.2 Å². The number of fused-ring (bicyclic) bond motifs is 1. The van der Waals surface area contributed by atoms with Gasteiger partial charge < -0.3 is 9.72 Å². The van der Waals surface area contributed by atoms with Crippen LogP contribution >= 0.6 is 12.2 Å². The molecule has 2 aromatic heterocycles. The highest BCUT2D eigenvalue weighted by Gasteiger charge is 2.18. The molecule has 3 rings (SSSR count). The van der Waals surface area contributed by atoms with Crippen molar-refractivity contribution in [3.05, 3.63) is 34.7 Å². The highest BCUT2D eigenvalue weighted by Crippen LogP contribution is 2.28. The zero-order valence-electron chi connectivity index (χ0n) is 11.3. The molecule has 2 heterocycles. The lowest BCUT2D eigenvalue weighted by atomic mass is 10.3. The van der Waals surface area contributed by atoms with E-state index in [0.29, 0.717) is 16.1 Å². The number of benzene rings is 1. The quantitative estimate of drug-likeness (QED) is 0.755. The summed E-state index contributed by atoms with van der Waals surface area (Å²) in [5, 5.41) is 4.30. The van der Waals surface area contributed by atoms with Gasteiger partial charge in [0.05, 0.1) is 11.4 Å². The standard InChI is InChI=1S/C13H12F2N4OS/c1-7-10-11(18(2)17-7)19(13(21)16-10)8-5-3-4-6-9(8)20-12(14)15/h3-6,12H,1-2H3,(H,16,21). The second-order valence-corrected chi connectivity index (χ2v) is 4.91. The van der Waals surface area contributed by atoms with Crippen molar-refractivity contribution in [2.24, 2.45) is 7.05 Å². The number of H-pyrrole nitrogens is 1. The van der Waals surface area contributed by atoms with Gasteiger partial charge in [0.25, 0.3) is 0 Å². The van der Waals surface area contributed by atoms with Crippen LogP contribution in [0.15, 0.2) is 24.3 Å². The molecule has 0 fully saturated rings. The summed E-state index contributed by atoms with van der Waals surface area (Å²) in [4.78, 5) is 3.05. The number of hydrogen-bond acceptors (Lipinski definition) is 3. The van der Waals surface area contributed by atoms with E-state index in [1.165, 1.54) is 6.07 Å². The number of imidazole rings is 1. The lowest BCUT2D eigenvalue weighted by Gasteiger charge is -2.11. The summed E-state index contributed by atoms with van der Waals surface area (Å²) in [5.74, 6) is 0.0587. The summed E-state index contributed by atoms with van der Waals surface area (Å²) in [5.41, 5.74) is 2.69. The van der Waals surface area contributed by atoms with E-state index >= 15 is 0 Å². The topological polar surface area (TPSA) is 47.8 Å². The van der Waals surface area contributed by atoms with Crippen molar-refractivity contribution in [1.29, 1.82) is 0 Å². The maximum atomic E-state index is 12.6. The molecule has 0 saturated heterocycles. The summed E-state index contributed by atoms with van der Waals surface area (Å²) in [6.45, 7) is -1.05. The van der Waals surface area contributed by atoms with E-state index in [2.05, 4.69) is 14.8 Å². The molecular weight excluding hydrogens is 298 g/mol. The van der Waals surface area contributed by atoms with E-state index in [-0.39, 0.29) is 5.75 Å². The van der Waals surface area contributed by atoms with E-state index in [1.54, 1.807) is 34.5 Å².